The lowest BCUT2D eigenvalue weighted by atomic mass is 10.1. The Balaban J connectivity index is 1.56. The average Bonchev–Trinajstić information content (AvgIpc) is 3.28. The summed E-state index contributed by atoms with van der Waals surface area (Å²) < 4.78 is 0. The number of aromatic nitrogens is 2. The molecular formula is C22H20N4OS. The second-order valence-corrected chi connectivity index (χ2v) is 7.16. The Hall–Kier alpha value is -3.25. The fraction of sp³-hybridized carbons (Fsp3) is 0.136. The van der Waals surface area contributed by atoms with Gasteiger partial charge in [-0.3, -0.25) is 4.79 Å². The van der Waals surface area contributed by atoms with E-state index in [-0.39, 0.29) is 5.91 Å². The van der Waals surface area contributed by atoms with Gasteiger partial charge in [0.1, 0.15) is 5.82 Å². The van der Waals surface area contributed by atoms with Crippen LogP contribution in [0.15, 0.2) is 65.4 Å². The van der Waals surface area contributed by atoms with Gasteiger partial charge in [0.25, 0.3) is 5.91 Å². The predicted octanol–water partition coefficient (Wildman–Crippen LogP) is 4.37. The topological polar surface area (TPSA) is 66.9 Å². The van der Waals surface area contributed by atoms with Crippen LogP contribution in [-0.2, 0) is 6.42 Å². The molecular weight excluding hydrogens is 368 g/mol. The molecule has 2 heterocycles. The van der Waals surface area contributed by atoms with Gasteiger partial charge in [-0.15, -0.1) is 0 Å². The molecule has 0 unspecified atom stereocenters. The Kier molecular flexibility index (Phi) is 5.30. The number of para-hydroxylation sites is 1. The number of carbonyl (C=O) groups excluding carboxylic acids is 1. The zero-order valence-electron chi connectivity index (χ0n) is 15.5. The van der Waals surface area contributed by atoms with Crippen LogP contribution in [0.5, 0.6) is 0 Å². The van der Waals surface area contributed by atoms with Gasteiger partial charge in [-0.2, -0.15) is 11.3 Å². The molecule has 28 heavy (non-hydrogen) atoms. The number of fused-ring (bicyclic) bond motifs is 1. The quantitative estimate of drug-likeness (QED) is 0.515. The van der Waals surface area contributed by atoms with Gasteiger partial charge >= 0.3 is 0 Å². The monoisotopic (exact) mass is 388 g/mol. The Bertz CT molecular complexity index is 1110. The maximum absolute atomic E-state index is 11.8. The number of nitrogens with zero attached hydrogens (tertiary/aromatic N) is 2. The summed E-state index contributed by atoms with van der Waals surface area (Å²) in [5.41, 5.74) is 3.72. The lowest BCUT2D eigenvalue weighted by Gasteiger charge is -2.11. The van der Waals surface area contributed by atoms with Crippen LogP contribution in [0.25, 0.3) is 22.3 Å². The fourth-order valence-corrected chi connectivity index (χ4v) is 3.70. The lowest BCUT2D eigenvalue weighted by molar-refractivity contribution is 0.0963. The molecule has 0 aliphatic heterocycles. The number of hydrogen-bond donors (Lipinski definition) is 2. The molecule has 0 bridgehead atoms. The molecule has 0 spiro atoms. The highest BCUT2D eigenvalue weighted by Crippen LogP contribution is 2.26. The van der Waals surface area contributed by atoms with Crippen molar-refractivity contribution in [2.75, 3.05) is 18.9 Å². The van der Waals surface area contributed by atoms with Gasteiger partial charge in [0, 0.05) is 35.5 Å². The fourth-order valence-electron chi connectivity index (χ4n) is 3.07. The highest BCUT2D eigenvalue weighted by atomic mass is 32.1. The molecule has 140 valence electrons. The van der Waals surface area contributed by atoms with Gasteiger partial charge in [-0.05, 0) is 47.7 Å². The summed E-state index contributed by atoms with van der Waals surface area (Å²) in [4.78, 5) is 21.3. The van der Waals surface area contributed by atoms with Crippen molar-refractivity contribution in [2.45, 2.75) is 6.42 Å². The number of anilines is 1. The van der Waals surface area contributed by atoms with Crippen LogP contribution < -0.4 is 10.6 Å². The number of hydrogen-bond acceptors (Lipinski definition) is 5. The van der Waals surface area contributed by atoms with E-state index < -0.39 is 0 Å². The minimum atomic E-state index is -0.0722. The molecule has 0 aliphatic carbocycles. The van der Waals surface area contributed by atoms with Gasteiger partial charge in [0.2, 0.25) is 0 Å². The summed E-state index contributed by atoms with van der Waals surface area (Å²) in [6, 6.07) is 17.7. The van der Waals surface area contributed by atoms with Gasteiger partial charge in [-0.1, -0.05) is 24.3 Å². The van der Waals surface area contributed by atoms with Crippen molar-refractivity contribution in [1.82, 2.24) is 15.3 Å². The maximum atomic E-state index is 11.8. The number of amides is 1. The Morgan fingerprint density at radius 2 is 1.96 bits per heavy atom. The van der Waals surface area contributed by atoms with Crippen LogP contribution in [0, 0.1) is 0 Å². The first-order valence-corrected chi connectivity index (χ1v) is 10.0. The maximum Gasteiger partial charge on any atom is 0.251 e. The van der Waals surface area contributed by atoms with Crippen molar-refractivity contribution in [2.24, 2.45) is 0 Å². The molecule has 2 aromatic carbocycles. The van der Waals surface area contributed by atoms with Crippen molar-refractivity contribution < 1.29 is 4.79 Å². The molecule has 4 aromatic rings. The number of thiophene rings is 1. The molecule has 4 rings (SSSR count). The van der Waals surface area contributed by atoms with Crippen molar-refractivity contribution in [3.05, 3.63) is 76.5 Å². The SMILES string of the molecule is CNC(=O)c1cccc(CCNc2nc(-c3ccsc3)nc3ccccc23)c1. The standard InChI is InChI=1S/C22H20N4OS/c1-23-22(27)16-6-4-5-15(13-16)9-11-24-21-18-7-2-3-8-19(18)25-20(26-21)17-10-12-28-14-17/h2-8,10,12-14H,9,11H2,1H3,(H,23,27)(H,24,25,26). The number of benzene rings is 2. The first-order valence-electron chi connectivity index (χ1n) is 9.09. The highest BCUT2D eigenvalue weighted by molar-refractivity contribution is 7.08. The van der Waals surface area contributed by atoms with E-state index in [1.54, 1.807) is 18.4 Å². The third-order valence-corrected chi connectivity index (χ3v) is 5.19. The highest BCUT2D eigenvalue weighted by Gasteiger charge is 2.10. The lowest BCUT2D eigenvalue weighted by Crippen LogP contribution is -2.18. The van der Waals surface area contributed by atoms with E-state index in [1.165, 1.54) is 0 Å². The molecule has 6 heteroatoms. The summed E-state index contributed by atoms with van der Waals surface area (Å²) in [5, 5.41) is 11.2. The summed E-state index contributed by atoms with van der Waals surface area (Å²) in [7, 11) is 1.64. The average molecular weight is 388 g/mol. The number of nitrogens with one attached hydrogen (secondary N) is 2. The van der Waals surface area contributed by atoms with Gasteiger partial charge < -0.3 is 10.6 Å². The van der Waals surface area contributed by atoms with E-state index >= 15 is 0 Å². The van der Waals surface area contributed by atoms with E-state index in [4.69, 9.17) is 9.97 Å². The zero-order valence-corrected chi connectivity index (χ0v) is 16.3. The minimum absolute atomic E-state index is 0.0722. The predicted molar refractivity (Wildman–Crippen MR) is 115 cm³/mol. The van der Waals surface area contributed by atoms with E-state index in [9.17, 15) is 4.79 Å². The van der Waals surface area contributed by atoms with Crippen molar-refractivity contribution >= 4 is 34.0 Å². The van der Waals surface area contributed by atoms with Crippen molar-refractivity contribution in [1.29, 1.82) is 0 Å². The normalized spacial score (nSPS) is 10.8. The van der Waals surface area contributed by atoms with E-state index in [2.05, 4.69) is 16.0 Å². The van der Waals surface area contributed by atoms with Crippen LogP contribution >= 0.6 is 11.3 Å². The van der Waals surface area contributed by atoms with E-state index in [0.717, 1.165) is 40.1 Å². The van der Waals surface area contributed by atoms with Crippen LogP contribution in [0.3, 0.4) is 0 Å². The van der Waals surface area contributed by atoms with Crippen LogP contribution in [0.2, 0.25) is 0 Å². The van der Waals surface area contributed by atoms with Gasteiger partial charge in [-0.25, -0.2) is 9.97 Å². The second kappa shape index (κ2) is 8.19. The minimum Gasteiger partial charge on any atom is -0.369 e. The molecule has 1 amide bonds. The van der Waals surface area contributed by atoms with Crippen LogP contribution in [0.1, 0.15) is 15.9 Å². The molecule has 0 saturated carbocycles. The molecule has 0 atom stereocenters. The number of carbonyl (C=O) groups is 1. The molecule has 0 saturated heterocycles. The van der Waals surface area contributed by atoms with Crippen LogP contribution in [0.4, 0.5) is 5.82 Å². The third-order valence-electron chi connectivity index (χ3n) is 4.50. The first kappa shape index (κ1) is 18.1. The summed E-state index contributed by atoms with van der Waals surface area (Å²) in [5.74, 6) is 1.48. The van der Waals surface area contributed by atoms with Crippen molar-refractivity contribution in [3.63, 3.8) is 0 Å². The molecule has 0 radical (unpaired) electrons. The summed E-state index contributed by atoms with van der Waals surface area (Å²) >= 11 is 1.63. The molecule has 2 aromatic heterocycles. The Morgan fingerprint density at radius 3 is 2.79 bits per heavy atom. The second-order valence-electron chi connectivity index (χ2n) is 6.38. The summed E-state index contributed by atoms with van der Waals surface area (Å²) in [6.07, 6.45) is 0.789. The van der Waals surface area contributed by atoms with E-state index in [1.807, 2.05) is 60.0 Å². The third kappa shape index (κ3) is 3.87. The van der Waals surface area contributed by atoms with Crippen LogP contribution in [-0.4, -0.2) is 29.5 Å². The van der Waals surface area contributed by atoms with Crippen molar-refractivity contribution in [3.8, 4) is 11.4 Å². The van der Waals surface area contributed by atoms with E-state index in [0.29, 0.717) is 12.1 Å². The number of rotatable bonds is 6. The summed E-state index contributed by atoms with van der Waals surface area (Å²) in [6.45, 7) is 0.710. The smallest absolute Gasteiger partial charge is 0.251 e. The molecule has 5 nitrogen and oxygen atoms in total. The molecule has 0 fully saturated rings. The molecule has 0 aliphatic rings. The van der Waals surface area contributed by atoms with Gasteiger partial charge in [0.05, 0.1) is 5.52 Å². The Morgan fingerprint density at radius 1 is 1.07 bits per heavy atom. The zero-order chi connectivity index (χ0) is 19.3. The largest absolute Gasteiger partial charge is 0.369 e. The first-order chi connectivity index (χ1) is 13.7. The Labute approximate surface area is 167 Å². The molecule has 2 N–H and O–H groups in total. The van der Waals surface area contributed by atoms with Gasteiger partial charge in [0.15, 0.2) is 5.82 Å².